The minimum Gasteiger partial charge on any atom is -0.340 e. The van der Waals surface area contributed by atoms with Crippen molar-refractivity contribution in [3.63, 3.8) is 0 Å². The molecule has 2 aliphatic heterocycles. The van der Waals surface area contributed by atoms with Crippen LogP contribution in [0.3, 0.4) is 0 Å². The Balaban J connectivity index is 1.45. The van der Waals surface area contributed by atoms with E-state index in [1.54, 1.807) is 0 Å². The first-order chi connectivity index (χ1) is 12.2. The maximum Gasteiger partial charge on any atom is 0.241 e. The van der Waals surface area contributed by atoms with Gasteiger partial charge in [0.1, 0.15) is 0 Å². The van der Waals surface area contributed by atoms with Crippen LogP contribution in [0.1, 0.15) is 18.4 Å². The number of benzene rings is 1. The molecule has 136 valence electrons. The maximum absolute atomic E-state index is 12.7. The first kappa shape index (κ1) is 17.9. The highest BCUT2D eigenvalue weighted by atomic mass is 16.2. The largest absolute Gasteiger partial charge is 0.340 e. The molecule has 0 atom stereocenters. The van der Waals surface area contributed by atoms with Crippen LogP contribution in [0.2, 0.25) is 0 Å². The Bertz CT molecular complexity index is 611. The Morgan fingerprint density at radius 1 is 1.04 bits per heavy atom. The van der Waals surface area contributed by atoms with Crippen LogP contribution < -0.4 is 10.2 Å². The summed E-state index contributed by atoms with van der Waals surface area (Å²) < 4.78 is 0. The van der Waals surface area contributed by atoms with Gasteiger partial charge in [-0.3, -0.25) is 14.5 Å². The fourth-order valence-corrected chi connectivity index (χ4v) is 3.60. The second-order valence-corrected chi connectivity index (χ2v) is 6.79. The lowest BCUT2D eigenvalue weighted by molar-refractivity contribution is -0.133. The zero-order valence-electron chi connectivity index (χ0n) is 15.0. The number of carbonyl (C=O) groups is 2. The van der Waals surface area contributed by atoms with E-state index in [9.17, 15) is 9.59 Å². The summed E-state index contributed by atoms with van der Waals surface area (Å²) in [6.07, 6.45) is 2.42. The molecule has 6 nitrogen and oxygen atoms in total. The number of anilines is 1. The van der Waals surface area contributed by atoms with Crippen molar-refractivity contribution >= 4 is 17.5 Å². The van der Waals surface area contributed by atoms with Gasteiger partial charge in [-0.15, -0.1) is 0 Å². The summed E-state index contributed by atoms with van der Waals surface area (Å²) in [4.78, 5) is 30.8. The van der Waals surface area contributed by atoms with Gasteiger partial charge in [-0.25, -0.2) is 0 Å². The zero-order valence-corrected chi connectivity index (χ0v) is 15.0. The van der Waals surface area contributed by atoms with Crippen molar-refractivity contribution in [2.45, 2.75) is 19.3 Å². The number of rotatable bonds is 6. The Kier molecular flexibility index (Phi) is 6.04. The number of amides is 2. The fraction of sp³-hybridized carbons (Fsp3) is 0.579. The second-order valence-electron chi connectivity index (χ2n) is 6.79. The fourth-order valence-electron chi connectivity index (χ4n) is 3.60. The number of fused-ring (bicyclic) bond motifs is 1. The van der Waals surface area contributed by atoms with Crippen molar-refractivity contribution in [3.05, 3.63) is 29.8 Å². The van der Waals surface area contributed by atoms with E-state index in [0.29, 0.717) is 13.0 Å². The van der Waals surface area contributed by atoms with Gasteiger partial charge in [0.25, 0.3) is 0 Å². The molecule has 0 spiro atoms. The quantitative estimate of drug-likeness (QED) is 0.773. The van der Waals surface area contributed by atoms with Crippen molar-refractivity contribution in [2.75, 3.05) is 57.8 Å². The van der Waals surface area contributed by atoms with E-state index in [1.807, 2.05) is 35.0 Å². The number of carbonyl (C=O) groups excluding carboxylic acids is 2. The lowest BCUT2D eigenvalue weighted by Gasteiger charge is -2.35. The van der Waals surface area contributed by atoms with E-state index >= 15 is 0 Å². The Hall–Kier alpha value is -1.92. The van der Waals surface area contributed by atoms with Crippen LogP contribution in [0.25, 0.3) is 0 Å². The van der Waals surface area contributed by atoms with Gasteiger partial charge < -0.3 is 15.1 Å². The normalized spacial score (nSPS) is 17.6. The Labute approximate surface area is 149 Å². The van der Waals surface area contributed by atoms with E-state index in [1.165, 1.54) is 5.56 Å². The van der Waals surface area contributed by atoms with Gasteiger partial charge in [0, 0.05) is 44.8 Å². The molecule has 1 N–H and O–H groups in total. The van der Waals surface area contributed by atoms with Gasteiger partial charge >= 0.3 is 0 Å². The molecule has 0 aromatic heterocycles. The van der Waals surface area contributed by atoms with Crippen LogP contribution in [0.5, 0.6) is 0 Å². The molecular weight excluding hydrogens is 316 g/mol. The number of piperazine rings is 1. The molecule has 0 saturated carbocycles. The highest BCUT2D eigenvalue weighted by Crippen LogP contribution is 2.27. The summed E-state index contributed by atoms with van der Waals surface area (Å²) in [7, 11) is 1.90. The lowest BCUT2D eigenvalue weighted by Crippen LogP contribution is -2.51. The van der Waals surface area contributed by atoms with E-state index in [0.717, 1.165) is 57.8 Å². The lowest BCUT2D eigenvalue weighted by atomic mass is 10.2. The molecule has 2 heterocycles. The number of hydrogen-bond donors (Lipinski definition) is 1. The van der Waals surface area contributed by atoms with Crippen molar-refractivity contribution in [3.8, 4) is 0 Å². The highest BCUT2D eigenvalue weighted by Gasteiger charge is 2.27. The smallest absolute Gasteiger partial charge is 0.241 e. The summed E-state index contributed by atoms with van der Waals surface area (Å²) in [5, 5.41) is 3.07. The monoisotopic (exact) mass is 344 g/mol. The van der Waals surface area contributed by atoms with Crippen LogP contribution in [0.4, 0.5) is 5.69 Å². The second kappa shape index (κ2) is 8.45. The molecule has 0 unspecified atom stereocenters. The van der Waals surface area contributed by atoms with Gasteiger partial charge in [-0.1, -0.05) is 18.2 Å². The third kappa shape index (κ3) is 4.38. The van der Waals surface area contributed by atoms with Gasteiger partial charge in [0.05, 0.1) is 6.54 Å². The van der Waals surface area contributed by atoms with E-state index in [-0.39, 0.29) is 11.8 Å². The number of nitrogens with one attached hydrogen (secondary N) is 1. The molecule has 0 aliphatic carbocycles. The Morgan fingerprint density at radius 2 is 1.80 bits per heavy atom. The highest BCUT2D eigenvalue weighted by molar-refractivity contribution is 5.96. The maximum atomic E-state index is 12.7. The molecule has 1 saturated heterocycles. The third-order valence-corrected chi connectivity index (χ3v) is 5.09. The average Bonchev–Trinajstić information content (AvgIpc) is 3.06. The zero-order chi connectivity index (χ0) is 17.6. The van der Waals surface area contributed by atoms with Gasteiger partial charge in [-0.05, 0) is 38.1 Å². The first-order valence-corrected chi connectivity index (χ1v) is 9.22. The molecule has 1 aromatic rings. The molecule has 1 fully saturated rings. The number of para-hydroxylation sites is 1. The summed E-state index contributed by atoms with van der Waals surface area (Å²) in [6, 6.07) is 8.14. The van der Waals surface area contributed by atoms with E-state index < -0.39 is 0 Å². The molecule has 6 heteroatoms. The minimum absolute atomic E-state index is 0.166. The minimum atomic E-state index is 0.166. The molecular formula is C19H28N4O2. The summed E-state index contributed by atoms with van der Waals surface area (Å²) in [5.41, 5.74) is 2.32. The predicted octanol–water partition coefficient (Wildman–Crippen LogP) is 0.720. The summed E-state index contributed by atoms with van der Waals surface area (Å²) >= 11 is 0. The SMILES string of the molecule is CNCCCC(=O)N1CCN(CC(=O)N2CCc3ccccc32)CC1. The van der Waals surface area contributed by atoms with Crippen molar-refractivity contribution in [1.82, 2.24) is 15.1 Å². The van der Waals surface area contributed by atoms with E-state index in [4.69, 9.17) is 0 Å². The van der Waals surface area contributed by atoms with Gasteiger partial charge in [0.2, 0.25) is 11.8 Å². The molecule has 3 rings (SSSR count). The standard InChI is InChI=1S/C19H28N4O2/c1-20-9-4-7-18(24)22-13-11-21(12-14-22)15-19(25)23-10-8-16-5-2-3-6-17(16)23/h2-3,5-6,20H,4,7-15H2,1H3. The predicted molar refractivity (Wildman–Crippen MR) is 98.7 cm³/mol. The molecule has 2 aliphatic rings. The molecule has 0 bridgehead atoms. The van der Waals surface area contributed by atoms with Gasteiger partial charge in [-0.2, -0.15) is 0 Å². The summed E-state index contributed by atoms with van der Waals surface area (Å²) in [5.74, 6) is 0.397. The van der Waals surface area contributed by atoms with Crippen LogP contribution in [0, 0.1) is 0 Å². The van der Waals surface area contributed by atoms with Crippen molar-refractivity contribution in [1.29, 1.82) is 0 Å². The number of hydrogen-bond acceptors (Lipinski definition) is 4. The topological polar surface area (TPSA) is 55.9 Å². The van der Waals surface area contributed by atoms with Crippen LogP contribution in [-0.4, -0.2) is 74.5 Å². The van der Waals surface area contributed by atoms with Crippen LogP contribution in [0.15, 0.2) is 24.3 Å². The van der Waals surface area contributed by atoms with Gasteiger partial charge in [0.15, 0.2) is 0 Å². The molecule has 25 heavy (non-hydrogen) atoms. The number of nitrogens with zero attached hydrogens (tertiary/aromatic N) is 3. The average molecular weight is 344 g/mol. The third-order valence-electron chi connectivity index (χ3n) is 5.09. The van der Waals surface area contributed by atoms with Crippen molar-refractivity contribution < 1.29 is 9.59 Å². The van der Waals surface area contributed by atoms with Crippen molar-refractivity contribution in [2.24, 2.45) is 0 Å². The molecule has 0 radical (unpaired) electrons. The van der Waals surface area contributed by atoms with Crippen LogP contribution in [-0.2, 0) is 16.0 Å². The molecule has 1 aromatic carbocycles. The van der Waals surface area contributed by atoms with E-state index in [2.05, 4.69) is 16.3 Å². The Morgan fingerprint density at radius 3 is 2.56 bits per heavy atom. The molecule has 2 amide bonds. The first-order valence-electron chi connectivity index (χ1n) is 9.22. The summed E-state index contributed by atoms with van der Waals surface area (Å²) in [6.45, 7) is 5.10. The van der Waals surface area contributed by atoms with Crippen LogP contribution >= 0.6 is 0 Å².